The molecule has 0 radical (unpaired) electrons. The zero-order chi connectivity index (χ0) is 24.7. The number of hydrogen-bond acceptors (Lipinski definition) is 6. The third-order valence-electron chi connectivity index (χ3n) is 6.95. The van der Waals surface area contributed by atoms with Crippen LogP contribution in [0.15, 0.2) is 82.7 Å². The fourth-order valence-electron chi connectivity index (χ4n) is 5.05. The van der Waals surface area contributed by atoms with Gasteiger partial charge in [-0.05, 0) is 80.2 Å². The number of benzene rings is 2. The number of aromatic nitrogens is 4. The van der Waals surface area contributed by atoms with E-state index in [1.807, 2.05) is 18.2 Å². The minimum Gasteiger partial charge on any atom is -0.317 e. The predicted molar refractivity (Wildman–Crippen MR) is 139 cm³/mol. The maximum Gasteiger partial charge on any atom is 0.272 e. The molecule has 6 rings (SSSR count). The van der Waals surface area contributed by atoms with Gasteiger partial charge in [0.1, 0.15) is 0 Å². The van der Waals surface area contributed by atoms with Crippen LogP contribution in [0.1, 0.15) is 18.5 Å². The molecule has 1 aliphatic rings. The van der Waals surface area contributed by atoms with Gasteiger partial charge in [-0.15, -0.1) is 0 Å². The van der Waals surface area contributed by atoms with E-state index in [9.17, 15) is 13.2 Å². The van der Waals surface area contributed by atoms with Gasteiger partial charge in [0, 0.05) is 28.7 Å². The lowest BCUT2D eigenvalue weighted by molar-refractivity contribution is 0.370. The van der Waals surface area contributed by atoms with Crippen molar-refractivity contribution in [2.75, 3.05) is 13.1 Å². The van der Waals surface area contributed by atoms with Crippen LogP contribution < -0.4 is 10.9 Å². The second-order valence-electron chi connectivity index (χ2n) is 9.19. The number of H-pyrrole nitrogens is 1. The van der Waals surface area contributed by atoms with Gasteiger partial charge in [-0.3, -0.25) is 4.79 Å². The van der Waals surface area contributed by atoms with Gasteiger partial charge in [0.25, 0.3) is 15.6 Å². The van der Waals surface area contributed by atoms with Gasteiger partial charge in [-0.25, -0.2) is 22.5 Å². The van der Waals surface area contributed by atoms with Crippen LogP contribution in [0.4, 0.5) is 0 Å². The second kappa shape index (κ2) is 9.00. The van der Waals surface area contributed by atoms with E-state index in [0.717, 1.165) is 54.6 Å². The number of hydrogen-bond donors (Lipinski definition) is 2. The van der Waals surface area contributed by atoms with Gasteiger partial charge in [0.2, 0.25) is 0 Å². The van der Waals surface area contributed by atoms with Crippen LogP contribution in [-0.4, -0.2) is 40.7 Å². The zero-order valence-corrected chi connectivity index (χ0v) is 20.3. The van der Waals surface area contributed by atoms with E-state index < -0.39 is 10.0 Å². The molecule has 2 aromatic carbocycles. The summed E-state index contributed by atoms with van der Waals surface area (Å²) in [5.41, 5.74) is 2.52. The number of nitrogens with one attached hydrogen (secondary N) is 2. The van der Waals surface area contributed by atoms with Crippen LogP contribution in [0, 0.1) is 5.92 Å². The molecule has 3 aromatic heterocycles. The smallest absolute Gasteiger partial charge is 0.272 e. The van der Waals surface area contributed by atoms with Crippen molar-refractivity contribution in [2.24, 2.45) is 5.92 Å². The maximum atomic E-state index is 13.5. The summed E-state index contributed by atoms with van der Waals surface area (Å²) < 4.78 is 28.2. The van der Waals surface area contributed by atoms with Crippen molar-refractivity contribution >= 4 is 31.8 Å². The molecule has 0 bridgehead atoms. The van der Waals surface area contributed by atoms with Crippen molar-refractivity contribution in [3.63, 3.8) is 0 Å². The van der Waals surface area contributed by atoms with Crippen LogP contribution >= 0.6 is 0 Å². The molecular formula is C27H25N5O3S. The largest absolute Gasteiger partial charge is 0.317 e. The molecule has 0 spiro atoms. The number of rotatable bonds is 5. The Kier molecular flexibility index (Phi) is 5.66. The third-order valence-corrected chi connectivity index (χ3v) is 8.62. The summed E-state index contributed by atoms with van der Waals surface area (Å²) in [5, 5.41) is 12.5. The highest BCUT2D eigenvalue weighted by atomic mass is 32.2. The van der Waals surface area contributed by atoms with E-state index in [0.29, 0.717) is 22.3 Å². The van der Waals surface area contributed by atoms with Crippen LogP contribution in [0.2, 0.25) is 0 Å². The minimum atomic E-state index is -3.85. The van der Waals surface area contributed by atoms with Crippen LogP contribution in [0.5, 0.6) is 0 Å². The van der Waals surface area contributed by atoms with Crippen LogP contribution in [0.25, 0.3) is 32.9 Å². The highest BCUT2D eigenvalue weighted by Gasteiger charge is 2.23. The van der Waals surface area contributed by atoms with Crippen molar-refractivity contribution in [3.8, 4) is 11.1 Å². The standard InChI is InChI=1S/C27H25N5O3S/c33-27-22-9-8-19(16-23(22)25(30-31-27)15-18-10-13-28-14-11-18)24-17-32(26-21(24)7-4-12-29-26)36(34,35)20-5-2-1-3-6-20/h1-9,12,16-18,28H,10-11,13-15H2,(H,31,33). The van der Waals surface area contributed by atoms with Crippen molar-refractivity contribution < 1.29 is 8.42 Å². The van der Waals surface area contributed by atoms with Gasteiger partial charge in [-0.1, -0.05) is 24.3 Å². The number of aromatic amines is 1. The lowest BCUT2D eigenvalue weighted by atomic mass is 9.91. The number of fused-ring (bicyclic) bond motifs is 2. The van der Waals surface area contributed by atoms with Gasteiger partial charge < -0.3 is 5.32 Å². The molecule has 1 saturated heterocycles. The quantitative estimate of drug-likeness (QED) is 0.381. The van der Waals surface area contributed by atoms with E-state index in [2.05, 4.69) is 20.5 Å². The SMILES string of the molecule is O=c1[nH]nc(CC2CCNCC2)c2cc(-c3cn(S(=O)(=O)c4ccccc4)c4ncccc34)ccc12. The molecule has 4 heterocycles. The lowest BCUT2D eigenvalue weighted by Gasteiger charge is -2.22. The first-order valence-electron chi connectivity index (χ1n) is 12.0. The van der Waals surface area contributed by atoms with Gasteiger partial charge >= 0.3 is 0 Å². The van der Waals surface area contributed by atoms with Gasteiger partial charge in [0.05, 0.1) is 16.0 Å². The Balaban J connectivity index is 1.51. The normalized spacial score (nSPS) is 15.0. The van der Waals surface area contributed by atoms with Crippen molar-refractivity contribution in [2.45, 2.75) is 24.2 Å². The fraction of sp³-hybridized carbons (Fsp3) is 0.222. The molecule has 1 aliphatic heterocycles. The molecule has 36 heavy (non-hydrogen) atoms. The molecule has 0 atom stereocenters. The summed E-state index contributed by atoms with van der Waals surface area (Å²) in [6.07, 6.45) is 6.12. The average Bonchev–Trinajstić information content (AvgIpc) is 3.32. The molecule has 8 nitrogen and oxygen atoms in total. The van der Waals surface area contributed by atoms with E-state index in [4.69, 9.17) is 0 Å². The average molecular weight is 500 g/mol. The fourth-order valence-corrected chi connectivity index (χ4v) is 6.40. The Morgan fingerprint density at radius 1 is 0.944 bits per heavy atom. The second-order valence-corrected chi connectivity index (χ2v) is 11.0. The van der Waals surface area contributed by atoms with Crippen LogP contribution in [-0.2, 0) is 16.4 Å². The molecule has 9 heteroatoms. The highest BCUT2D eigenvalue weighted by molar-refractivity contribution is 7.90. The molecule has 0 saturated carbocycles. The number of piperidine rings is 1. The van der Waals surface area contributed by atoms with Crippen molar-refractivity contribution in [1.82, 2.24) is 24.5 Å². The molecule has 1 fully saturated rings. The summed E-state index contributed by atoms with van der Waals surface area (Å²) in [6.45, 7) is 1.97. The number of nitrogens with zero attached hydrogens (tertiary/aromatic N) is 3. The van der Waals surface area contributed by atoms with Crippen molar-refractivity contribution in [3.05, 3.63) is 89.1 Å². The lowest BCUT2D eigenvalue weighted by Crippen LogP contribution is -2.29. The van der Waals surface area contributed by atoms with Crippen molar-refractivity contribution in [1.29, 1.82) is 0 Å². The third kappa shape index (κ3) is 3.90. The zero-order valence-electron chi connectivity index (χ0n) is 19.5. The topological polar surface area (TPSA) is 110 Å². The Morgan fingerprint density at radius 2 is 1.75 bits per heavy atom. The molecular weight excluding hydrogens is 474 g/mol. The summed E-state index contributed by atoms with van der Waals surface area (Å²) >= 11 is 0. The van der Waals surface area contributed by atoms with E-state index in [1.165, 1.54) is 3.97 Å². The summed E-state index contributed by atoms with van der Waals surface area (Å²) in [7, 11) is -3.85. The Labute approximate surface area is 208 Å². The molecule has 0 amide bonds. The predicted octanol–water partition coefficient (Wildman–Crippen LogP) is 3.72. The van der Waals surface area contributed by atoms with E-state index in [-0.39, 0.29) is 10.5 Å². The van der Waals surface area contributed by atoms with E-state index in [1.54, 1.807) is 54.9 Å². The first kappa shape index (κ1) is 22.6. The van der Waals surface area contributed by atoms with E-state index >= 15 is 0 Å². The summed E-state index contributed by atoms with van der Waals surface area (Å²) in [5.74, 6) is 0.499. The Morgan fingerprint density at radius 3 is 2.56 bits per heavy atom. The molecule has 2 N–H and O–H groups in total. The summed E-state index contributed by atoms with van der Waals surface area (Å²) in [6, 6.07) is 17.6. The van der Waals surface area contributed by atoms with Crippen LogP contribution in [0.3, 0.4) is 0 Å². The molecule has 0 unspecified atom stereocenters. The first-order chi connectivity index (χ1) is 17.5. The first-order valence-corrected chi connectivity index (χ1v) is 13.5. The van der Waals surface area contributed by atoms with Gasteiger partial charge in [0.15, 0.2) is 5.65 Å². The minimum absolute atomic E-state index is 0.192. The molecule has 182 valence electrons. The molecule has 5 aromatic rings. The monoisotopic (exact) mass is 499 g/mol. The maximum absolute atomic E-state index is 13.5. The number of pyridine rings is 1. The molecule has 0 aliphatic carbocycles. The summed E-state index contributed by atoms with van der Waals surface area (Å²) in [4.78, 5) is 17.1. The van der Waals surface area contributed by atoms with Gasteiger partial charge in [-0.2, -0.15) is 5.10 Å². The Hall–Kier alpha value is -3.82. The highest BCUT2D eigenvalue weighted by Crippen LogP contribution is 2.34. The Bertz CT molecular complexity index is 1740.